The Labute approximate surface area is 175 Å². The van der Waals surface area contributed by atoms with Gasteiger partial charge in [0, 0.05) is 41.8 Å². The maximum atomic E-state index is 6.36. The van der Waals surface area contributed by atoms with E-state index in [-0.39, 0.29) is 6.10 Å². The third-order valence-electron chi connectivity index (χ3n) is 5.40. The Balaban J connectivity index is 1.37. The van der Waals surface area contributed by atoms with E-state index in [1.54, 1.807) is 18.6 Å². The highest BCUT2D eigenvalue weighted by Crippen LogP contribution is 2.29. The van der Waals surface area contributed by atoms with Crippen LogP contribution in [0.2, 0.25) is 0 Å². The van der Waals surface area contributed by atoms with Crippen molar-refractivity contribution in [2.45, 2.75) is 25.9 Å². The van der Waals surface area contributed by atoms with Gasteiger partial charge in [-0.25, -0.2) is 15.0 Å². The standard InChI is InChI=1S/C24H23N5O/c1-17-15-19(10-11-25-17)23-24(27-13-12-26-23)30-20-6-4-14-29(16-20)22-9-8-18-5-2-3-7-21(18)28-22/h2-3,5,7-13,15,20H,4,6,14,16H2,1H3/t20-/m0/s1. The zero-order valence-corrected chi connectivity index (χ0v) is 16.9. The van der Waals surface area contributed by atoms with Crippen LogP contribution < -0.4 is 9.64 Å². The molecule has 6 heteroatoms. The minimum Gasteiger partial charge on any atom is -0.471 e. The van der Waals surface area contributed by atoms with E-state index in [4.69, 9.17) is 9.72 Å². The first-order valence-corrected chi connectivity index (χ1v) is 10.3. The van der Waals surface area contributed by atoms with Gasteiger partial charge in [0.25, 0.3) is 0 Å². The van der Waals surface area contributed by atoms with Gasteiger partial charge in [-0.1, -0.05) is 18.2 Å². The van der Waals surface area contributed by atoms with Gasteiger partial charge in [-0.3, -0.25) is 4.98 Å². The molecule has 150 valence electrons. The Morgan fingerprint density at radius 2 is 1.87 bits per heavy atom. The monoisotopic (exact) mass is 397 g/mol. The Morgan fingerprint density at radius 1 is 0.967 bits per heavy atom. The fraction of sp³-hybridized carbons (Fsp3) is 0.250. The largest absolute Gasteiger partial charge is 0.471 e. The molecule has 4 heterocycles. The highest BCUT2D eigenvalue weighted by Gasteiger charge is 2.24. The third-order valence-corrected chi connectivity index (χ3v) is 5.40. The molecule has 1 atom stereocenters. The maximum Gasteiger partial charge on any atom is 0.240 e. The normalized spacial score (nSPS) is 16.6. The van der Waals surface area contributed by atoms with E-state index in [2.05, 4.69) is 44.1 Å². The zero-order valence-electron chi connectivity index (χ0n) is 16.9. The lowest BCUT2D eigenvalue weighted by molar-refractivity contribution is 0.172. The lowest BCUT2D eigenvalue weighted by Crippen LogP contribution is -2.41. The van der Waals surface area contributed by atoms with Crippen LogP contribution in [-0.4, -0.2) is 39.1 Å². The van der Waals surface area contributed by atoms with Crippen LogP contribution in [0, 0.1) is 6.92 Å². The molecule has 0 bridgehead atoms. The molecule has 0 unspecified atom stereocenters. The first-order valence-electron chi connectivity index (χ1n) is 10.3. The summed E-state index contributed by atoms with van der Waals surface area (Å²) in [5, 5.41) is 1.16. The smallest absolute Gasteiger partial charge is 0.240 e. The molecule has 0 radical (unpaired) electrons. The van der Waals surface area contributed by atoms with E-state index in [9.17, 15) is 0 Å². The van der Waals surface area contributed by atoms with Gasteiger partial charge in [-0.05, 0) is 50.1 Å². The number of benzene rings is 1. The number of aryl methyl sites for hydroxylation is 1. The summed E-state index contributed by atoms with van der Waals surface area (Å²) in [6.45, 7) is 3.72. The van der Waals surface area contributed by atoms with Crippen molar-refractivity contribution in [1.29, 1.82) is 0 Å². The van der Waals surface area contributed by atoms with E-state index in [1.165, 1.54) is 0 Å². The van der Waals surface area contributed by atoms with E-state index in [0.717, 1.165) is 59.6 Å². The lowest BCUT2D eigenvalue weighted by Gasteiger charge is -2.33. The summed E-state index contributed by atoms with van der Waals surface area (Å²) in [7, 11) is 0. The van der Waals surface area contributed by atoms with Gasteiger partial charge in [0.1, 0.15) is 17.6 Å². The second-order valence-electron chi connectivity index (χ2n) is 7.59. The number of hydrogen-bond acceptors (Lipinski definition) is 6. The molecule has 1 aromatic carbocycles. The summed E-state index contributed by atoms with van der Waals surface area (Å²) in [5.74, 6) is 1.56. The maximum absolute atomic E-state index is 6.36. The molecule has 0 aliphatic carbocycles. The van der Waals surface area contributed by atoms with Crippen molar-refractivity contribution in [1.82, 2.24) is 19.9 Å². The number of para-hydroxylation sites is 1. The molecule has 3 aromatic heterocycles. The molecule has 1 saturated heterocycles. The van der Waals surface area contributed by atoms with Crippen molar-refractivity contribution >= 4 is 16.7 Å². The van der Waals surface area contributed by atoms with Gasteiger partial charge in [-0.2, -0.15) is 0 Å². The van der Waals surface area contributed by atoms with Crippen molar-refractivity contribution in [2.75, 3.05) is 18.0 Å². The molecule has 1 aliphatic heterocycles. The van der Waals surface area contributed by atoms with Gasteiger partial charge in [-0.15, -0.1) is 0 Å². The van der Waals surface area contributed by atoms with Gasteiger partial charge in [0.15, 0.2) is 0 Å². The first kappa shape index (κ1) is 18.5. The van der Waals surface area contributed by atoms with Crippen molar-refractivity contribution in [3.8, 4) is 17.1 Å². The number of pyridine rings is 2. The average molecular weight is 397 g/mol. The Hall–Kier alpha value is -3.54. The molecule has 6 nitrogen and oxygen atoms in total. The average Bonchev–Trinajstić information content (AvgIpc) is 2.79. The summed E-state index contributed by atoms with van der Waals surface area (Å²) < 4.78 is 6.36. The SMILES string of the molecule is Cc1cc(-c2nccnc2O[C@H]2CCCN(c3ccc4ccccc4n3)C2)ccn1. The molecule has 4 aromatic rings. The van der Waals surface area contributed by atoms with E-state index in [0.29, 0.717) is 5.88 Å². The van der Waals surface area contributed by atoms with Crippen LogP contribution in [0.5, 0.6) is 5.88 Å². The molecule has 5 rings (SSSR count). The molecular formula is C24H23N5O. The highest BCUT2D eigenvalue weighted by molar-refractivity contribution is 5.80. The van der Waals surface area contributed by atoms with Crippen molar-refractivity contribution in [2.24, 2.45) is 0 Å². The molecule has 30 heavy (non-hydrogen) atoms. The van der Waals surface area contributed by atoms with Gasteiger partial charge in [0.05, 0.1) is 12.1 Å². The third kappa shape index (κ3) is 3.81. The van der Waals surface area contributed by atoms with Gasteiger partial charge in [0.2, 0.25) is 5.88 Å². The number of fused-ring (bicyclic) bond motifs is 1. The van der Waals surface area contributed by atoms with Crippen LogP contribution in [0.15, 0.2) is 67.1 Å². The van der Waals surface area contributed by atoms with Gasteiger partial charge >= 0.3 is 0 Å². The number of anilines is 1. The van der Waals surface area contributed by atoms with E-state index < -0.39 is 0 Å². The topological polar surface area (TPSA) is 64.0 Å². The molecule has 0 N–H and O–H groups in total. The Kier molecular flexibility index (Phi) is 4.97. The van der Waals surface area contributed by atoms with E-state index in [1.807, 2.05) is 31.2 Å². The summed E-state index contributed by atoms with van der Waals surface area (Å²) in [6, 6.07) is 16.4. The van der Waals surface area contributed by atoms with Crippen LogP contribution in [-0.2, 0) is 0 Å². The predicted octanol–water partition coefficient (Wildman–Crippen LogP) is 4.44. The minimum atomic E-state index is 0.0328. The summed E-state index contributed by atoms with van der Waals surface area (Å²) in [5.41, 5.74) is 3.68. The first-order chi connectivity index (χ1) is 14.8. The van der Waals surface area contributed by atoms with Gasteiger partial charge < -0.3 is 9.64 Å². The fourth-order valence-electron chi connectivity index (χ4n) is 3.93. The molecule has 0 amide bonds. The van der Waals surface area contributed by atoms with Crippen LogP contribution in [0.25, 0.3) is 22.2 Å². The number of nitrogens with zero attached hydrogens (tertiary/aromatic N) is 5. The van der Waals surface area contributed by atoms with Crippen LogP contribution >= 0.6 is 0 Å². The lowest BCUT2D eigenvalue weighted by atomic mass is 10.1. The highest BCUT2D eigenvalue weighted by atomic mass is 16.5. The van der Waals surface area contributed by atoms with Crippen LogP contribution in [0.3, 0.4) is 0 Å². The summed E-state index contributed by atoms with van der Waals surface area (Å²) in [4.78, 5) is 20.4. The predicted molar refractivity (Wildman–Crippen MR) is 118 cm³/mol. The molecule has 0 saturated carbocycles. The number of ether oxygens (including phenoxy) is 1. The molecule has 1 fully saturated rings. The second-order valence-corrected chi connectivity index (χ2v) is 7.59. The molecule has 1 aliphatic rings. The van der Waals surface area contributed by atoms with Crippen molar-refractivity contribution in [3.05, 3.63) is 72.8 Å². The van der Waals surface area contributed by atoms with E-state index >= 15 is 0 Å². The van der Waals surface area contributed by atoms with Crippen molar-refractivity contribution in [3.63, 3.8) is 0 Å². The number of aromatic nitrogens is 4. The number of piperidine rings is 1. The fourth-order valence-corrected chi connectivity index (χ4v) is 3.93. The molecular weight excluding hydrogens is 374 g/mol. The quantitative estimate of drug-likeness (QED) is 0.507. The van der Waals surface area contributed by atoms with Crippen LogP contribution in [0.4, 0.5) is 5.82 Å². The Bertz CT molecular complexity index is 1180. The minimum absolute atomic E-state index is 0.0328. The second kappa shape index (κ2) is 8.06. The number of rotatable bonds is 4. The number of hydrogen-bond donors (Lipinski definition) is 0. The zero-order chi connectivity index (χ0) is 20.3. The summed E-state index contributed by atoms with van der Waals surface area (Å²) >= 11 is 0. The summed E-state index contributed by atoms with van der Waals surface area (Å²) in [6.07, 6.45) is 7.23. The van der Waals surface area contributed by atoms with Crippen LogP contribution in [0.1, 0.15) is 18.5 Å². The molecule has 0 spiro atoms. The van der Waals surface area contributed by atoms with Crippen molar-refractivity contribution < 1.29 is 4.74 Å². The Morgan fingerprint density at radius 3 is 2.80 bits per heavy atom.